The highest BCUT2D eigenvalue weighted by atomic mass is 16.1. The largest absolute Gasteiger partial charge is 0.393 e. The first-order valence-electron chi connectivity index (χ1n) is 3.89. The van der Waals surface area contributed by atoms with E-state index in [1.54, 1.807) is 7.05 Å². The average molecular weight is 169 g/mol. The van der Waals surface area contributed by atoms with Crippen molar-refractivity contribution in [2.45, 2.75) is 26.2 Å². The van der Waals surface area contributed by atoms with E-state index in [4.69, 9.17) is 5.73 Å². The zero-order valence-electron chi connectivity index (χ0n) is 7.93. The van der Waals surface area contributed by atoms with Gasteiger partial charge in [0.1, 0.15) is 5.69 Å². The molecule has 12 heavy (non-hydrogen) atoms. The Hall–Kier alpha value is -1.19. The Kier molecular flexibility index (Phi) is 1.78. The van der Waals surface area contributed by atoms with Gasteiger partial charge >= 0.3 is 0 Å². The van der Waals surface area contributed by atoms with Crippen molar-refractivity contribution in [1.82, 2.24) is 9.78 Å². The molecule has 0 spiro atoms. The molecule has 1 aromatic heterocycles. The van der Waals surface area contributed by atoms with Crippen LogP contribution in [0.1, 0.15) is 26.5 Å². The van der Waals surface area contributed by atoms with Crippen molar-refractivity contribution >= 4 is 5.69 Å². The van der Waals surface area contributed by atoms with E-state index >= 15 is 0 Å². The number of aromatic amines is 1. The third-order valence-corrected chi connectivity index (χ3v) is 1.83. The molecule has 68 valence electrons. The molecule has 0 saturated carbocycles. The van der Waals surface area contributed by atoms with Crippen LogP contribution in [-0.4, -0.2) is 9.78 Å². The fourth-order valence-corrected chi connectivity index (χ4v) is 1.14. The summed E-state index contributed by atoms with van der Waals surface area (Å²) in [6.45, 7) is 6.03. The van der Waals surface area contributed by atoms with Gasteiger partial charge in [-0.05, 0) is 0 Å². The van der Waals surface area contributed by atoms with E-state index in [1.165, 1.54) is 4.68 Å². The Morgan fingerprint density at radius 1 is 1.42 bits per heavy atom. The highest BCUT2D eigenvalue weighted by Gasteiger charge is 2.21. The zero-order chi connectivity index (χ0) is 9.52. The van der Waals surface area contributed by atoms with Crippen LogP contribution >= 0.6 is 0 Å². The first-order valence-corrected chi connectivity index (χ1v) is 3.89. The van der Waals surface area contributed by atoms with Gasteiger partial charge in [0.15, 0.2) is 0 Å². The number of nitrogens with two attached hydrogens (primary N) is 1. The Morgan fingerprint density at radius 3 is 2.08 bits per heavy atom. The first-order chi connectivity index (χ1) is 5.34. The van der Waals surface area contributed by atoms with E-state index in [9.17, 15) is 4.79 Å². The van der Waals surface area contributed by atoms with Gasteiger partial charge in [-0.25, -0.2) is 0 Å². The van der Waals surface area contributed by atoms with Crippen molar-refractivity contribution in [1.29, 1.82) is 0 Å². The predicted molar refractivity (Wildman–Crippen MR) is 49.1 cm³/mol. The molecule has 0 saturated heterocycles. The number of aryl methyl sites for hydroxylation is 1. The lowest BCUT2D eigenvalue weighted by Gasteiger charge is -2.16. The predicted octanol–water partition coefficient (Wildman–Crippen LogP) is 0.593. The molecular weight excluding hydrogens is 154 g/mol. The number of nitrogens with zero attached hydrogens (tertiary/aromatic N) is 1. The van der Waals surface area contributed by atoms with Crippen LogP contribution in [-0.2, 0) is 12.5 Å². The summed E-state index contributed by atoms with van der Waals surface area (Å²) in [6, 6.07) is 0. The number of nitrogens with one attached hydrogen (secondary N) is 1. The lowest BCUT2D eigenvalue weighted by molar-refractivity contribution is 0.553. The number of anilines is 1. The summed E-state index contributed by atoms with van der Waals surface area (Å²) in [4.78, 5) is 11.2. The van der Waals surface area contributed by atoms with Crippen LogP contribution < -0.4 is 11.3 Å². The molecule has 0 aliphatic carbocycles. The molecule has 1 heterocycles. The van der Waals surface area contributed by atoms with Gasteiger partial charge < -0.3 is 5.73 Å². The van der Waals surface area contributed by atoms with Crippen molar-refractivity contribution in [3.63, 3.8) is 0 Å². The van der Waals surface area contributed by atoms with Crippen LogP contribution in [0.3, 0.4) is 0 Å². The molecule has 4 nitrogen and oxygen atoms in total. The lowest BCUT2D eigenvalue weighted by Crippen LogP contribution is -2.16. The van der Waals surface area contributed by atoms with E-state index in [0.717, 1.165) is 5.69 Å². The third-order valence-electron chi connectivity index (χ3n) is 1.83. The molecule has 0 atom stereocenters. The van der Waals surface area contributed by atoms with Gasteiger partial charge in [-0.3, -0.25) is 14.6 Å². The molecule has 0 unspecified atom stereocenters. The van der Waals surface area contributed by atoms with E-state index in [2.05, 4.69) is 5.10 Å². The highest BCUT2D eigenvalue weighted by molar-refractivity contribution is 5.44. The minimum Gasteiger partial charge on any atom is -0.393 e. The zero-order valence-corrected chi connectivity index (χ0v) is 7.93. The molecule has 3 N–H and O–H groups in total. The maximum atomic E-state index is 11.2. The number of nitrogen functional groups attached to an aromatic ring is 1. The minimum atomic E-state index is -0.153. The van der Waals surface area contributed by atoms with E-state index < -0.39 is 0 Å². The molecule has 0 fully saturated rings. The van der Waals surface area contributed by atoms with Crippen LogP contribution in [0.25, 0.3) is 0 Å². The number of aromatic nitrogens is 2. The quantitative estimate of drug-likeness (QED) is 0.597. The van der Waals surface area contributed by atoms with Gasteiger partial charge in [0.25, 0.3) is 5.56 Å². The topological polar surface area (TPSA) is 63.8 Å². The summed E-state index contributed by atoms with van der Waals surface area (Å²) in [5.74, 6) is 0. The number of rotatable bonds is 0. The highest BCUT2D eigenvalue weighted by Crippen LogP contribution is 2.22. The van der Waals surface area contributed by atoms with Gasteiger partial charge in [0, 0.05) is 12.5 Å². The van der Waals surface area contributed by atoms with Crippen molar-refractivity contribution in [2.75, 3.05) is 5.73 Å². The SMILES string of the molecule is Cn1[nH]c(C(C)(C)C)c(N)c1=O. The van der Waals surface area contributed by atoms with Gasteiger partial charge in [-0.15, -0.1) is 0 Å². The second kappa shape index (κ2) is 2.40. The van der Waals surface area contributed by atoms with Crippen molar-refractivity contribution in [3.05, 3.63) is 16.0 Å². The van der Waals surface area contributed by atoms with E-state index in [0.29, 0.717) is 5.69 Å². The smallest absolute Gasteiger partial charge is 0.289 e. The standard InChI is InChI=1S/C8H15N3O/c1-8(2,3)6-5(9)7(12)11(4)10-6/h10H,9H2,1-4H3. The fourth-order valence-electron chi connectivity index (χ4n) is 1.14. The molecule has 0 aromatic carbocycles. The van der Waals surface area contributed by atoms with Crippen molar-refractivity contribution in [2.24, 2.45) is 7.05 Å². The van der Waals surface area contributed by atoms with Gasteiger partial charge in [-0.1, -0.05) is 20.8 Å². The summed E-state index contributed by atoms with van der Waals surface area (Å²) in [6.07, 6.45) is 0. The molecule has 1 rings (SSSR count). The van der Waals surface area contributed by atoms with Gasteiger partial charge in [0.05, 0.1) is 5.69 Å². The van der Waals surface area contributed by atoms with Crippen LogP contribution in [0.15, 0.2) is 4.79 Å². The maximum Gasteiger partial charge on any atom is 0.289 e. The van der Waals surface area contributed by atoms with E-state index in [1.807, 2.05) is 20.8 Å². The Morgan fingerprint density at radius 2 is 1.92 bits per heavy atom. The van der Waals surface area contributed by atoms with Crippen LogP contribution in [0.5, 0.6) is 0 Å². The summed E-state index contributed by atoms with van der Waals surface area (Å²) in [7, 11) is 1.66. The Bertz CT molecular complexity index is 340. The monoisotopic (exact) mass is 169 g/mol. The van der Waals surface area contributed by atoms with Crippen molar-refractivity contribution in [3.8, 4) is 0 Å². The molecule has 1 aromatic rings. The summed E-state index contributed by atoms with van der Waals surface area (Å²) in [5.41, 5.74) is 6.49. The molecule has 0 radical (unpaired) electrons. The molecule has 0 aliphatic heterocycles. The summed E-state index contributed by atoms with van der Waals surface area (Å²) >= 11 is 0. The fraction of sp³-hybridized carbons (Fsp3) is 0.625. The second-order valence-electron chi connectivity index (χ2n) is 4.01. The Labute approximate surface area is 71.4 Å². The summed E-state index contributed by atoms with van der Waals surface area (Å²) in [5, 5.41) is 2.93. The van der Waals surface area contributed by atoms with Crippen molar-refractivity contribution < 1.29 is 0 Å². The molecule has 4 heteroatoms. The molecular formula is C8H15N3O. The lowest BCUT2D eigenvalue weighted by atomic mass is 9.91. The maximum absolute atomic E-state index is 11.2. The number of hydrogen-bond donors (Lipinski definition) is 2. The molecule has 0 bridgehead atoms. The number of H-pyrrole nitrogens is 1. The van der Waals surface area contributed by atoms with Crippen LogP contribution in [0, 0.1) is 0 Å². The molecule has 0 aliphatic rings. The second-order valence-corrected chi connectivity index (χ2v) is 4.01. The third kappa shape index (κ3) is 1.24. The molecule has 0 amide bonds. The Balaban J connectivity index is 3.38. The van der Waals surface area contributed by atoms with Crippen LogP contribution in [0.2, 0.25) is 0 Å². The van der Waals surface area contributed by atoms with E-state index in [-0.39, 0.29) is 11.0 Å². The average Bonchev–Trinajstić information content (AvgIpc) is 2.15. The minimum absolute atomic E-state index is 0.107. The normalized spacial score (nSPS) is 12.0. The summed E-state index contributed by atoms with van der Waals surface area (Å²) < 4.78 is 1.40. The van der Waals surface area contributed by atoms with Crippen LogP contribution in [0.4, 0.5) is 5.69 Å². The van der Waals surface area contributed by atoms with Gasteiger partial charge in [-0.2, -0.15) is 0 Å². The first kappa shape index (κ1) is 8.90. The number of hydrogen-bond acceptors (Lipinski definition) is 2. The van der Waals surface area contributed by atoms with Gasteiger partial charge in [0.2, 0.25) is 0 Å².